The topological polar surface area (TPSA) is 101 Å². The summed E-state index contributed by atoms with van der Waals surface area (Å²) in [6, 6.07) is 1.35. The molecule has 1 aliphatic heterocycles. The molecule has 2 heterocycles. The van der Waals surface area contributed by atoms with E-state index in [1.54, 1.807) is 0 Å². The van der Waals surface area contributed by atoms with Gasteiger partial charge in [0, 0.05) is 0 Å². The predicted octanol–water partition coefficient (Wildman–Crippen LogP) is 5.06. The molecule has 0 amide bonds. The van der Waals surface area contributed by atoms with Gasteiger partial charge in [0.2, 0.25) is 11.6 Å². The number of hydrogen-bond donors (Lipinski definition) is 0. The van der Waals surface area contributed by atoms with Crippen molar-refractivity contribution in [3.63, 3.8) is 0 Å². The summed E-state index contributed by atoms with van der Waals surface area (Å²) in [4.78, 5) is 25.4. The first-order valence-electron chi connectivity index (χ1n) is 6.94. The maximum atomic E-state index is 12.9. The van der Waals surface area contributed by atoms with E-state index in [1.165, 1.54) is 0 Å². The normalized spacial score (nSPS) is 13.4. The van der Waals surface area contributed by atoms with E-state index in [1.807, 2.05) is 0 Å². The third-order valence-electron chi connectivity index (χ3n) is 3.26. The van der Waals surface area contributed by atoms with Crippen LogP contribution in [0, 0.1) is 10.1 Å². The number of fused-ring (bicyclic) bond motifs is 2. The summed E-state index contributed by atoms with van der Waals surface area (Å²) < 4.78 is 53.7. The molecule has 0 aliphatic carbocycles. The van der Waals surface area contributed by atoms with Crippen molar-refractivity contribution in [1.82, 2.24) is 4.98 Å². The van der Waals surface area contributed by atoms with Gasteiger partial charge in [-0.2, -0.15) is 18.2 Å². The Morgan fingerprint density at radius 1 is 1.21 bits per heavy atom. The number of aromatic nitrogens is 1. The second kappa shape index (κ2) is 7.15. The first-order valence-corrected chi connectivity index (χ1v) is 8.08. The second-order valence-corrected chi connectivity index (χ2v) is 6.26. The minimum absolute atomic E-state index is 0.454. The number of pyridine rings is 1. The van der Waals surface area contributed by atoms with Crippen molar-refractivity contribution in [1.29, 1.82) is 0 Å². The van der Waals surface area contributed by atoms with E-state index < -0.39 is 73.3 Å². The summed E-state index contributed by atoms with van der Waals surface area (Å²) in [7, 11) is 0. The molecule has 2 bridgehead atoms. The molecular formula is C14H4Cl3F3N2O6. The van der Waals surface area contributed by atoms with E-state index in [-0.39, 0.29) is 0 Å². The number of nitro groups is 1. The van der Waals surface area contributed by atoms with Crippen LogP contribution in [0.2, 0.25) is 15.1 Å². The van der Waals surface area contributed by atoms with E-state index in [9.17, 15) is 28.1 Å². The van der Waals surface area contributed by atoms with Crippen LogP contribution in [0.1, 0.15) is 5.56 Å². The van der Waals surface area contributed by atoms with Gasteiger partial charge in [0.15, 0.2) is 12.4 Å². The molecule has 0 unspecified atom stereocenters. The van der Waals surface area contributed by atoms with E-state index in [0.717, 1.165) is 6.07 Å². The molecule has 0 atom stereocenters. The highest BCUT2D eigenvalue weighted by Gasteiger charge is 2.37. The largest absolute Gasteiger partial charge is 0.461 e. The number of ether oxygens (including phenoxy) is 3. The molecule has 8 nitrogen and oxygen atoms in total. The molecule has 0 saturated heterocycles. The Labute approximate surface area is 167 Å². The molecule has 0 fully saturated rings. The number of esters is 1. The fraction of sp³-hybridized carbons (Fsp3) is 0.143. The van der Waals surface area contributed by atoms with Gasteiger partial charge in [-0.25, -0.2) is 4.79 Å². The Balaban J connectivity index is 2.09. The molecule has 0 radical (unpaired) electrons. The first kappa shape index (κ1) is 20.2. The van der Waals surface area contributed by atoms with Gasteiger partial charge >= 0.3 is 23.7 Å². The molecule has 14 heteroatoms. The van der Waals surface area contributed by atoms with Gasteiger partial charge in [-0.05, 0) is 6.07 Å². The SMILES string of the molecule is O=C1COc2nc(Oc3c(Cl)cc(C(F)(F)F)c(Cl)c3Cl)cc(c2[N+](=O)[O-])O1. The van der Waals surface area contributed by atoms with Crippen LogP contribution < -0.4 is 14.2 Å². The minimum Gasteiger partial charge on any atom is -0.461 e. The van der Waals surface area contributed by atoms with Crippen molar-refractivity contribution in [2.75, 3.05) is 6.61 Å². The molecule has 148 valence electrons. The van der Waals surface area contributed by atoms with Gasteiger partial charge in [0.05, 0.1) is 26.6 Å². The lowest BCUT2D eigenvalue weighted by Gasteiger charge is -2.15. The summed E-state index contributed by atoms with van der Waals surface area (Å²) in [5.74, 6) is -3.04. The molecular weight excluding hydrogens is 456 g/mol. The predicted molar refractivity (Wildman–Crippen MR) is 88.6 cm³/mol. The lowest BCUT2D eigenvalue weighted by molar-refractivity contribution is -0.386. The first-order chi connectivity index (χ1) is 13.0. The molecule has 2 aromatic rings. The fourth-order valence-corrected chi connectivity index (χ4v) is 2.91. The number of carbonyl (C=O) groups excluding carboxylic acids is 1. The summed E-state index contributed by atoms with van der Waals surface area (Å²) in [6.07, 6.45) is -4.82. The van der Waals surface area contributed by atoms with Crippen LogP contribution >= 0.6 is 34.8 Å². The Morgan fingerprint density at radius 2 is 1.89 bits per heavy atom. The number of rotatable bonds is 3. The summed E-state index contributed by atoms with van der Waals surface area (Å²) in [5.41, 5.74) is -2.02. The monoisotopic (exact) mass is 458 g/mol. The highest BCUT2D eigenvalue weighted by Crippen LogP contribution is 2.48. The van der Waals surface area contributed by atoms with Gasteiger partial charge < -0.3 is 14.2 Å². The summed E-state index contributed by atoms with van der Waals surface area (Å²) in [6.45, 7) is -0.658. The van der Waals surface area contributed by atoms with E-state index in [0.29, 0.717) is 6.07 Å². The zero-order valence-electron chi connectivity index (χ0n) is 13.0. The zero-order valence-corrected chi connectivity index (χ0v) is 15.2. The van der Waals surface area contributed by atoms with Crippen molar-refractivity contribution in [3.05, 3.63) is 42.9 Å². The van der Waals surface area contributed by atoms with Crippen molar-refractivity contribution in [3.8, 4) is 23.3 Å². The standard InChI is InChI=1S/C14H4Cl3F3N2O6/c15-5-1-4(14(18,19)20)9(16)10(17)12(5)28-7-2-6-11(22(24)25)13(21-7)26-3-8(23)27-6/h1-2H,3H2. The average Bonchev–Trinajstić information content (AvgIpc) is 2.68. The number of carbonyl (C=O) groups is 1. The molecule has 0 spiro atoms. The molecule has 1 aliphatic rings. The average molecular weight is 460 g/mol. The van der Waals surface area contributed by atoms with Crippen molar-refractivity contribution in [2.24, 2.45) is 0 Å². The van der Waals surface area contributed by atoms with Crippen molar-refractivity contribution < 1.29 is 37.1 Å². The van der Waals surface area contributed by atoms with Gasteiger partial charge in [-0.15, -0.1) is 0 Å². The second-order valence-electron chi connectivity index (χ2n) is 5.10. The third kappa shape index (κ3) is 3.73. The highest BCUT2D eigenvalue weighted by atomic mass is 35.5. The number of nitrogens with zero attached hydrogens (tertiary/aromatic N) is 2. The molecule has 3 rings (SSSR count). The molecule has 1 aromatic carbocycles. The van der Waals surface area contributed by atoms with Crippen molar-refractivity contribution in [2.45, 2.75) is 6.18 Å². The molecule has 0 saturated carbocycles. The number of hydrogen-bond acceptors (Lipinski definition) is 7. The molecule has 28 heavy (non-hydrogen) atoms. The van der Waals surface area contributed by atoms with Crippen molar-refractivity contribution >= 4 is 46.5 Å². The van der Waals surface area contributed by atoms with Gasteiger partial charge in [-0.1, -0.05) is 34.8 Å². The maximum absolute atomic E-state index is 12.9. The summed E-state index contributed by atoms with van der Waals surface area (Å²) >= 11 is 17.3. The Morgan fingerprint density at radius 3 is 2.50 bits per heavy atom. The fourth-order valence-electron chi connectivity index (χ4n) is 2.13. The van der Waals surface area contributed by atoms with Crippen LogP contribution in [0.3, 0.4) is 0 Å². The Hall–Kier alpha value is -2.50. The number of alkyl halides is 3. The lowest BCUT2D eigenvalue weighted by Crippen LogP contribution is -2.15. The van der Waals surface area contributed by atoms with Gasteiger partial charge in [0.25, 0.3) is 0 Å². The Kier molecular flexibility index (Phi) is 5.17. The number of halogens is 6. The van der Waals surface area contributed by atoms with Crippen LogP contribution in [-0.2, 0) is 11.0 Å². The van der Waals surface area contributed by atoms with E-state index >= 15 is 0 Å². The lowest BCUT2D eigenvalue weighted by atomic mass is 10.2. The van der Waals surface area contributed by atoms with Crippen LogP contribution in [0.25, 0.3) is 0 Å². The molecule has 0 N–H and O–H groups in total. The minimum atomic E-state index is -4.82. The third-order valence-corrected chi connectivity index (χ3v) is 4.39. The molecule has 1 aromatic heterocycles. The highest BCUT2D eigenvalue weighted by molar-refractivity contribution is 6.45. The van der Waals surface area contributed by atoms with Crippen LogP contribution in [-0.4, -0.2) is 22.5 Å². The smallest absolute Gasteiger partial charge is 0.417 e. The van der Waals surface area contributed by atoms with Gasteiger partial charge in [-0.3, -0.25) is 10.1 Å². The van der Waals surface area contributed by atoms with E-state index in [4.69, 9.17) is 49.0 Å². The van der Waals surface area contributed by atoms with Crippen LogP contribution in [0.4, 0.5) is 18.9 Å². The Bertz CT molecular complexity index is 1020. The van der Waals surface area contributed by atoms with Crippen LogP contribution in [0.5, 0.6) is 23.3 Å². The zero-order chi connectivity index (χ0) is 20.8. The quantitative estimate of drug-likeness (QED) is 0.274. The maximum Gasteiger partial charge on any atom is 0.417 e. The number of benzene rings is 1. The van der Waals surface area contributed by atoms with Gasteiger partial charge in [0.1, 0.15) is 5.02 Å². The van der Waals surface area contributed by atoms with Crippen LogP contribution in [0.15, 0.2) is 12.1 Å². The summed E-state index contributed by atoms with van der Waals surface area (Å²) in [5, 5.41) is 9.04. The van der Waals surface area contributed by atoms with E-state index in [2.05, 4.69) is 4.98 Å².